The summed E-state index contributed by atoms with van der Waals surface area (Å²) in [5.41, 5.74) is 19.5. The molecule has 1 spiro atoms. The number of rotatable bonds is 5. The molecule has 2 aromatic heterocycles. The van der Waals surface area contributed by atoms with Crippen LogP contribution in [0.15, 0.2) is 206 Å². The van der Waals surface area contributed by atoms with Crippen LogP contribution in [0.1, 0.15) is 35.6 Å². The van der Waals surface area contributed by atoms with Crippen molar-refractivity contribution < 1.29 is 0 Å². The monoisotopic (exact) mass is 846 g/mol. The Morgan fingerprint density at radius 3 is 1.92 bits per heavy atom. The molecular formula is C62H42N2S. The SMILES string of the molecule is CC1C=c2sc3ccc(-c4ccc(N(c5cccc6c5-c5ccccc5C65c6ccccc6-c6ccccc65)c5cccc6c5c5ccccc5n6-c5ccccc5)cc4)cc3c2=CC1. The Labute approximate surface area is 381 Å². The van der Waals surface area contributed by atoms with Gasteiger partial charge in [-0.3, -0.25) is 0 Å². The summed E-state index contributed by atoms with van der Waals surface area (Å²) < 4.78 is 5.19. The van der Waals surface area contributed by atoms with E-state index in [1.54, 1.807) is 0 Å². The van der Waals surface area contributed by atoms with Crippen molar-refractivity contribution >= 4 is 72.4 Å². The number of para-hydroxylation sites is 2. The summed E-state index contributed by atoms with van der Waals surface area (Å²) in [5.74, 6) is 0.584. The molecule has 0 N–H and O–H groups in total. The third kappa shape index (κ3) is 5.10. The summed E-state index contributed by atoms with van der Waals surface area (Å²) in [6.45, 7) is 2.31. The van der Waals surface area contributed by atoms with Gasteiger partial charge in [-0.2, -0.15) is 0 Å². The third-order valence-electron chi connectivity index (χ3n) is 14.5. The van der Waals surface area contributed by atoms with Gasteiger partial charge in [-0.1, -0.05) is 165 Å². The van der Waals surface area contributed by atoms with Gasteiger partial charge in [0.2, 0.25) is 0 Å². The van der Waals surface area contributed by atoms with E-state index in [0.29, 0.717) is 5.92 Å². The normalized spacial score (nSPS) is 15.0. The van der Waals surface area contributed by atoms with Gasteiger partial charge in [-0.15, -0.1) is 11.3 Å². The number of thiophene rings is 1. The Balaban J connectivity index is 1.04. The summed E-state index contributed by atoms with van der Waals surface area (Å²) in [6.07, 6.45) is 5.99. The molecule has 9 aromatic carbocycles. The summed E-state index contributed by atoms with van der Waals surface area (Å²) in [5, 5.41) is 5.21. The van der Waals surface area contributed by atoms with Gasteiger partial charge in [-0.05, 0) is 128 Å². The van der Waals surface area contributed by atoms with Gasteiger partial charge in [0.05, 0.1) is 27.8 Å². The average molecular weight is 847 g/mol. The first-order valence-corrected chi connectivity index (χ1v) is 23.6. The molecule has 0 aliphatic heterocycles. The van der Waals surface area contributed by atoms with Crippen LogP contribution < -0.4 is 14.7 Å². The van der Waals surface area contributed by atoms with Gasteiger partial charge >= 0.3 is 0 Å². The Hall–Kier alpha value is -7.72. The minimum Gasteiger partial charge on any atom is -0.309 e. The second kappa shape index (κ2) is 13.9. The van der Waals surface area contributed by atoms with Crippen molar-refractivity contribution in [1.82, 2.24) is 4.57 Å². The molecule has 0 radical (unpaired) electrons. The van der Waals surface area contributed by atoms with E-state index in [9.17, 15) is 0 Å². The molecule has 2 heterocycles. The zero-order valence-corrected chi connectivity index (χ0v) is 36.7. The maximum absolute atomic E-state index is 2.56. The number of benzene rings is 9. The van der Waals surface area contributed by atoms with Crippen LogP contribution in [0.4, 0.5) is 17.1 Å². The second-order valence-electron chi connectivity index (χ2n) is 18.0. The predicted molar refractivity (Wildman–Crippen MR) is 275 cm³/mol. The Morgan fingerprint density at radius 2 is 1.14 bits per heavy atom. The van der Waals surface area contributed by atoms with E-state index in [-0.39, 0.29) is 0 Å². The van der Waals surface area contributed by atoms with Crippen molar-refractivity contribution in [2.45, 2.75) is 18.8 Å². The van der Waals surface area contributed by atoms with Crippen LogP contribution in [-0.4, -0.2) is 4.57 Å². The number of anilines is 3. The van der Waals surface area contributed by atoms with Crippen molar-refractivity contribution in [2.24, 2.45) is 5.92 Å². The lowest BCUT2D eigenvalue weighted by atomic mass is 9.70. The van der Waals surface area contributed by atoms with Crippen molar-refractivity contribution in [3.63, 3.8) is 0 Å². The molecule has 2 nitrogen and oxygen atoms in total. The molecule has 3 aliphatic carbocycles. The zero-order chi connectivity index (χ0) is 42.8. The van der Waals surface area contributed by atoms with Crippen molar-refractivity contribution in [1.29, 1.82) is 0 Å². The van der Waals surface area contributed by atoms with Crippen LogP contribution in [0, 0.1) is 5.92 Å². The van der Waals surface area contributed by atoms with E-state index in [4.69, 9.17) is 0 Å². The summed E-state index contributed by atoms with van der Waals surface area (Å²) in [6, 6.07) is 77.3. The predicted octanol–water partition coefficient (Wildman–Crippen LogP) is 15.1. The molecule has 0 saturated heterocycles. The maximum atomic E-state index is 2.56. The first-order chi connectivity index (χ1) is 32.2. The Morgan fingerprint density at radius 1 is 0.523 bits per heavy atom. The van der Waals surface area contributed by atoms with E-state index in [1.165, 1.54) is 97.3 Å². The molecule has 1 unspecified atom stereocenters. The third-order valence-corrected chi connectivity index (χ3v) is 15.7. The molecule has 65 heavy (non-hydrogen) atoms. The van der Waals surface area contributed by atoms with Crippen LogP contribution >= 0.6 is 11.3 Å². The molecule has 306 valence electrons. The number of nitrogens with zero attached hydrogens (tertiary/aromatic N) is 2. The lowest BCUT2D eigenvalue weighted by Crippen LogP contribution is -2.26. The molecule has 0 amide bonds. The van der Waals surface area contributed by atoms with Gasteiger partial charge in [0, 0.05) is 42.3 Å². The lowest BCUT2D eigenvalue weighted by molar-refractivity contribution is 0.794. The highest BCUT2D eigenvalue weighted by molar-refractivity contribution is 7.17. The minimum absolute atomic E-state index is 0.452. The molecule has 14 rings (SSSR count). The van der Waals surface area contributed by atoms with Crippen LogP contribution in [0.3, 0.4) is 0 Å². The maximum Gasteiger partial charge on any atom is 0.0726 e. The number of hydrogen-bond donors (Lipinski definition) is 0. The van der Waals surface area contributed by atoms with Crippen LogP contribution in [0.2, 0.25) is 0 Å². The van der Waals surface area contributed by atoms with Gasteiger partial charge in [0.25, 0.3) is 0 Å². The quantitative estimate of drug-likeness (QED) is 0.168. The van der Waals surface area contributed by atoms with E-state index in [0.717, 1.165) is 29.2 Å². The Kier molecular flexibility index (Phi) is 7.85. The summed E-state index contributed by atoms with van der Waals surface area (Å²) in [4.78, 5) is 2.56. The first-order valence-electron chi connectivity index (χ1n) is 22.8. The molecular weight excluding hydrogens is 805 g/mol. The molecule has 1 atom stereocenters. The average Bonchev–Trinajstić information content (AvgIpc) is 4.08. The minimum atomic E-state index is -0.452. The largest absolute Gasteiger partial charge is 0.309 e. The highest BCUT2D eigenvalue weighted by atomic mass is 32.1. The Bertz CT molecular complexity index is 3840. The number of fused-ring (bicyclic) bond motifs is 16. The van der Waals surface area contributed by atoms with Crippen LogP contribution in [-0.2, 0) is 5.41 Å². The van der Waals surface area contributed by atoms with Crippen molar-refractivity contribution in [2.75, 3.05) is 4.90 Å². The van der Waals surface area contributed by atoms with E-state index >= 15 is 0 Å². The fourth-order valence-electron chi connectivity index (χ4n) is 11.8. The highest BCUT2D eigenvalue weighted by Gasteiger charge is 2.52. The molecule has 3 aliphatic rings. The summed E-state index contributed by atoms with van der Waals surface area (Å²) >= 11 is 1.92. The molecule has 3 heteroatoms. The van der Waals surface area contributed by atoms with Gasteiger partial charge in [-0.25, -0.2) is 0 Å². The number of aromatic nitrogens is 1. The highest BCUT2D eigenvalue weighted by Crippen LogP contribution is 2.65. The lowest BCUT2D eigenvalue weighted by Gasteiger charge is -2.32. The molecule has 0 fully saturated rings. The van der Waals surface area contributed by atoms with E-state index < -0.39 is 5.41 Å². The van der Waals surface area contributed by atoms with E-state index in [2.05, 4.69) is 235 Å². The van der Waals surface area contributed by atoms with E-state index in [1.807, 2.05) is 11.3 Å². The van der Waals surface area contributed by atoms with Crippen molar-refractivity contribution in [3.05, 3.63) is 238 Å². The second-order valence-corrected chi connectivity index (χ2v) is 19.1. The smallest absolute Gasteiger partial charge is 0.0726 e. The molecule has 11 aromatic rings. The molecule has 0 bridgehead atoms. The first kappa shape index (κ1) is 36.7. The molecule has 0 saturated carbocycles. The van der Waals surface area contributed by atoms with Crippen LogP contribution in [0.5, 0.6) is 0 Å². The van der Waals surface area contributed by atoms with Gasteiger partial charge < -0.3 is 9.47 Å². The standard InChI is InChI=1S/C62H42N2S/c1-39-29-35-46-49-38-41(32-36-58(49)65-59(46)37-39)40-30-33-43(34-31-40)64(57-28-14-27-56-61(57)48-20-8-12-25-54(48)63(56)42-15-3-2-4-16-42)55-26-13-24-53-60(55)47-19-7-11-23-52(47)62(53)50-21-9-5-17-44(50)45-18-6-10-22-51(45)62/h2-28,30-39H,29H2,1H3. The van der Waals surface area contributed by atoms with Crippen molar-refractivity contribution in [3.8, 4) is 39.1 Å². The van der Waals surface area contributed by atoms with Crippen LogP contribution in [0.25, 0.3) is 83.1 Å². The van der Waals surface area contributed by atoms with Gasteiger partial charge in [0.15, 0.2) is 0 Å². The van der Waals surface area contributed by atoms with Gasteiger partial charge in [0.1, 0.15) is 0 Å². The topological polar surface area (TPSA) is 8.17 Å². The fourth-order valence-corrected chi connectivity index (χ4v) is 13.1. The summed E-state index contributed by atoms with van der Waals surface area (Å²) in [7, 11) is 0. The zero-order valence-electron chi connectivity index (χ0n) is 35.9. The number of hydrogen-bond acceptors (Lipinski definition) is 2. The fraction of sp³-hybridized carbons (Fsp3) is 0.0645.